The first-order valence-corrected chi connectivity index (χ1v) is 5.31. The van der Waals surface area contributed by atoms with Gasteiger partial charge in [-0.2, -0.15) is 0 Å². The molecule has 0 aliphatic heterocycles. The predicted octanol–water partition coefficient (Wildman–Crippen LogP) is 1.50. The Morgan fingerprint density at radius 3 is 2.73 bits per heavy atom. The molecule has 0 atom stereocenters. The van der Waals surface area contributed by atoms with Gasteiger partial charge in [-0.3, -0.25) is 9.78 Å². The van der Waals surface area contributed by atoms with Crippen molar-refractivity contribution < 1.29 is 9.90 Å². The van der Waals surface area contributed by atoms with Crippen molar-refractivity contribution in [2.45, 2.75) is 37.7 Å². The highest BCUT2D eigenvalue weighted by Crippen LogP contribution is 2.29. The molecule has 15 heavy (non-hydrogen) atoms. The van der Waals surface area contributed by atoms with E-state index < -0.39 is 5.60 Å². The van der Waals surface area contributed by atoms with Gasteiger partial charge in [0.05, 0.1) is 5.60 Å². The van der Waals surface area contributed by atoms with Gasteiger partial charge in [0.25, 0.3) is 0 Å². The van der Waals surface area contributed by atoms with E-state index in [1.165, 1.54) is 0 Å². The molecule has 1 N–H and O–H groups in total. The summed E-state index contributed by atoms with van der Waals surface area (Å²) in [6.45, 7) is 0. The second-order valence-corrected chi connectivity index (χ2v) is 4.30. The average molecular weight is 205 g/mol. The molecule has 0 unspecified atom stereocenters. The van der Waals surface area contributed by atoms with Gasteiger partial charge in [0.15, 0.2) is 0 Å². The summed E-state index contributed by atoms with van der Waals surface area (Å²) < 4.78 is 0. The maximum absolute atomic E-state index is 11.1. The van der Waals surface area contributed by atoms with Gasteiger partial charge in [0, 0.05) is 31.7 Å². The van der Waals surface area contributed by atoms with Crippen molar-refractivity contribution in [3.05, 3.63) is 30.1 Å². The number of hydrogen-bond acceptors (Lipinski definition) is 3. The molecule has 3 heteroatoms. The molecule has 0 aromatic carbocycles. The number of aliphatic hydroxyl groups is 1. The molecule has 1 aromatic rings. The van der Waals surface area contributed by atoms with Gasteiger partial charge < -0.3 is 5.11 Å². The molecular formula is C12H15NO2. The van der Waals surface area contributed by atoms with Crippen molar-refractivity contribution in [2.24, 2.45) is 0 Å². The lowest BCUT2D eigenvalue weighted by molar-refractivity contribution is -0.125. The van der Waals surface area contributed by atoms with E-state index in [2.05, 4.69) is 4.98 Å². The second-order valence-electron chi connectivity index (χ2n) is 4.30. The number of carbonyl (C=O) groups is 1. The van der Waals surface area contributed by atoms with E-state index in [0.717, 1.165) is 5.56 Å². The molecule has 0 amide bonds. The van der Waals surface area contributed by atoms with E-state index in [1.807, 2.05) is 12.1 Å². The fourth-order valence-corrected chi connectivity index (χ4v) is 2.05. The zero-order valence-electron chi connectivity index (χ0n) is 8.65. The van der Waals surface area contributed by atoms with Gasteiger partial charge in [-0.15, -0.1) is 0 Å². The highest BCUT2D eigenvalue weighted by Gasteiger charge is 2.32. The molecule has 0 spiro atoms. The minimum absolute atomic E-state index is 0.269. The Balaban J connectivity index is 2.02. The molecular weight excluding hydrogens is 190 g/mol. The van der Waals surface area contributed by atoms with Crippen molar-refractivity contribution in [2.75, 3.05) is 0 Å². The van der Waals surface area contributed by atoms with Crippen LogP contribution in [-0.2, 0) is 11.2 Å². The van der Waals surface area contributed by atoms with Crippen LogP contribution in [0.5, 0.6) is 0 Å². The van der Waals surface area contributed by atoms with Crippen molar-refractivity contribution >= 4 is 5.78 Å². The predicted molar refractivity (Wildman–Crippen MR) is 56.4 cm³/mol. The van der Waals surface area contributed by atoms with Crippen molar-refractivity contribution in [1.29, 1.82) is 0 Å². The maximum atomic E-state index is 11.1. The first kappa shape index (κ1) is 10.3. The molecule has 1 aliphatic carbocycles. The number of ketones is 1. The Kier molecular flexibility index (Phi) is 2.82. The minimum atomic E-state index is -0.697. The summed E-state index contributed by atoms with van der Waals surface area (Å²) in [5.41, 5.74) is 0.339. The standard InChI is InChI=1S/C12H15NO2/c14-11-3-5-12(15,6-4-11)8-10-2-1-7-13-9-10/h1-2,7,9,15H,3-6,8H2. The summed E-state index contributed by atoms with van der Waals surface area (Å²) in [7, 11) is 0. The van der Waals surface area contributed by atoms with Crippen LogP contribution in [-0.4, -0.2) is 21.5 Å². The molecule has 1 saturated carbocycles. The number of aromatic nitrogens is 1. The molecule has 1 heterocycles. The largest absolute Gasteiger partial charge is 0.390 e. The molecule has 80 valence electrons. The minimum Gasteiger partial charge on any atom is -0.390 e. The van der Waals surface area contributed by atoms with E-state index in [-0.39, 0.29) is 5.78 Å². The summed E-state index contributed by atoms with van der Waals surface area (Å²) in [6, 6.07) is 3.83. The van der Waals surface area contributed by atoms with E-state index >= 15 is 0 Å². The molecule has 0 bridgehead atoms. The fourth-order valence-electron chi connectivity index (χ4n) is 2.05. The number of rotatable bonds is 2. The molecule has 0 saturated heterocycles. The third-order valence-corrected chi connectivity index (χ3v) is 2.99. The molecule has 1 aliphatic rings. The van der Waals surface area contributed by atoms with Crippen LogP contribution in [0.1, 0.15) is 31.2 Å². The van der Waals surface area contributed by atoms with Gasteiger partial charge in [-0.05, 0) is 24.5 Å². The van der Waals surface area contributed by atoms with E-state index in [0.29, 0.717) is 32.1 Å². The Morgan fingerprint density at radius 1 is 1.40 bits per heavy atom. The Morgan fingerprint density at radius 2 is 2.13 bits per heavy atom. The zero-order valence-corrected chi connectivity index (χ0v) is 8.65. The molecule has 1 fully saturated rings. The van der Waals surface area contributed by atoms with Gasteiger partial charge >= 0.3 is 0 Å². The van der Waals surface area contributed by atoms with Crippen LogP contribution in [0.15, 0.2) is 24.5 Å². The van der Waals surface area contributed by atoms with E-state index in [1.54, 1.807) is 12.4 Å². The molecule has 0 radical (unpaired) electrons. The van der Waals surface area contributed by atoms with Crippen LogP contribution in [0, 0.1) is 0 Å². The highest BCUT2D eigenvalue weighted by atomic mass is 16.3. The first-order valence-electron chi connectivity index (χ1n) is 5.31. The van der Waals surface area contributed by atoms with Gasteiger partial charge in [0.1, 0.15) is 5.78 Å². The van der Waals surface area contributed by atoms with Crippen molar-refractivity contribution in [1.82, 2.24) is 4.98 Å². The zero-order chi connectivity index (χ0) is 10.7. The third-order valence-electron chi connectivity index (χ3n) is 2.99. The lowest BCUT2D eigenvalue weighted by Gasteiger charge is -2.31. The molecule has 2 rings (SSSR count). The average Bonchev–Trinajstić information content (AvgIpc) is 2.24. The quantitative estimate of drug-likeness (QED) is 0.796. The number of pyridine rings is 1. The first-order chi connectivity index (χ1) is 7.18. The topological polar surface area (TPSA) is 50.2 Å². The van der Waals surface area contributed by atoms with Crippen LogP contribution in [0.25, 0.3) is 0 Å². The summed E-state index contributed by atoms with van der Waals surface area (Å²) in [4.78, 5) is 15.1. The normalized spacial score (nSPS) is 20.2. The third kappa shape index (κ3) is 2.63. The van der Waals surface area contributed by atoms with Gasteiger partial charge in [-0.25, -0.2) is 0 Å². The second kappa shape index (κ2) is 4.11. The van der Waals surface area contributed by atoms with E-state index in [9.17, 15) is 9.90 Å². The monoisotopic (exact) mass is 205 g/mol. The Hall–Kier alpha value is -1.22. The molecule has 3 nitrogen and oxygen atoms in total. The fraction of sp³-hybridized carbons (Fsp3) is 0.500. The van der Waals surface area contributed by atoms with Crippen LogP contribution in [0.2, 0.25) is 0 Å². The van der Waals surface area contributed by atoms with Gasteiger partial charge in [-0.1, -0.05) is 6.07 Å². The summed E-state index contributed by atoms with van der Waals surface area (Å²) in [6.07, 6.45) is 6.29. The van der Waals surface area contributed by atoms with Crippen LogP contribution >= 0.6 is 0 Å². The van der Waals surface area contributed by atoms with Crippen LogP contribution in [0.3, 0.4) is 0 Å². The molecule has 1 aromatic heterocycles. The van der Waals surface area contributed by atoms with Crippen molar-refractivity contribution in [3.63, 3.8) is 0 Å². The number of carbonyl (C=O) groups excluding carboxylic acids is 1. The van der Waals surface area contributed by atoms with Crippen LogP contribution in [0.4, 0.5) is 0 Å². The number of nitrogens with zero attached hydrogens (tertiary/aromatic N) is 1. The number of Topliss-reactive ketones (excluding diaryl/α,β-unsaturated/α-hetero) is 1. The van der Waals surface area contributed by atoms with Crippen LogP contribution < -0.4 is 0 Å². The highest BCUT2D eigenvalue weighted by molar-refractivity contribution is 5.79. The Labute approximate surface area is 89.2 Å². The summed E-state index contributed by atoms with van der Waals surface area (Å²) in [5.74, 6) is 0.269. The van der Waals surface area contributed by atoms with E-state index in [4.69, 9.17) is 0 Å². The maximum Gasteiger partial charge on any atom is 0.133 e. The summed E-state index contributed by atoms with van der Waals surface area (Å²) in [5, 5.41) is 10.3. The van der Waals surface area contributed by atoms with Gasteiger partial charge in [0.2, 0.25) is 0 Å². The van der Waals surface area contributed by atoms with Crippen molar-refractivity contribution in [3.8, 4) is 0 Å². The number of hydrogen-bond donors (Lipinski definition) is 1. The lowest BCUT2D eigenvalue weighted by Crippen LogP contribution is -2.36. The summed E-state index contributed by atoms with van der Waals surface area (Å²) >= 11 is 0. The lowest BCUT2D eigenvalue weighted by atomic mass is 9.80. The smallest absolute Gasteiger partial charge is 0.133 e. The SMILES string of the molecule is O=C1CCC(O)(Cc2cccnc2)CC1. The Bertz CT molecular complexity index is 338.